The molecule has 0 aromatic carbocycles. The molecule has 0 saturated carbocycles. The summed E-state index contributed by atoms with van der Waals surface area (Å²) in [7, 11) is 0. The molecular formula is C10H17N3O3. The molecule has 2 heterocycles. The Bertz CT molecular complexity index is 266. The van der Waals surface area contributed by atoms with Gasteiger partial charge in [-0.1, -0.05) is 0 Å². The number of nitrogens with zero attached hydrogens (tertiary/aromatic N) is 1. The number of piperidine rings is 1. The molecular weight excluding hydrogens is 210 g/mol. The summed E-state index contributed by atoms with van der Waals surface area (Å²) in [5.41, 5.74) is 2.87. The van der Waals surface area contributed by atoms with E-state index in [9.17, 15) is 9.59 Å². The molecule has 6 nitrogen and oxygen atoms in total. The summed E-state index contributed by atoms with van der Waals surface area (Å²) in [6, 6.07) is 0. The van der Waals surface area contributed by atoms with Gasteiger partial charge >= 0.3 is 0 Å². The molecule has 1 atom stereocenters. The number of hydrogen-bond acceptors (Lipinski definition) is 4. The number of nitrogens with one attached hydrogen (secondary N) is 2. The summed E-state index contributed by atoms with van der Waals surface area (Å²) in [5.74, 6) is -0.0575. The number of morpholine rings is 1. The van der Waals surface area contributed by atoms with Crippen LogP contribution in [0.15, 0.2) is 0 Å². The zero-order chi connectivity index (χ0) is 11.4. The predicted molar refractivity (Wildman–Crippen MR) is 56.3 cm³/mol. The third-order valence-electron chi connectivity index (χ3n) is 2.92. The molecule has 90 valence electrons. The topological polar surface area (TPSA) is 70.7 Å². The molecule has 0 aliphatic carbocycles. The molecule has 2 aliphatic heterocycles. The van der Waals surface area contributed by atoms with Gasteiger partial charge in [0.05, 0.1) is 19.1 Å². The molecule has 1 unspecified atom stereocenters. The highest BCUT2D eigenvalue weighted by molar-refractivity contribution is 5.83. The van der Waals surface area contributed by atoms with Gasteiger partial charge in [-0.3, -0.25) is 15.0 Å². The predicted octanol–water partition coefficient (Wildman–Crippen LogP) is -1.12. The minimum atomic E-state index is -0.0967. The van der Waals surface area contributed by atoms with Gasteiger partial charge in [0.15, 0.2) is 0 Å². The first-order chi connectivity index (χ1) is 7.75. The lowest BCUT2D eigenvalue weighted by molar-refractivity contribution is -0.134. The van der Waals surface area contributed by atoms with Crippen LogP contribution in [-0.4, -0.2) is 49.7 Å². The van der Waals surface area contributed by atoms with Gasteiger partial charge in [-0.25, -0.2) is 5.01 Å². The molecule has 0 bridgehead atoms. The fourth-order valence-corrected chi connectivity index (χ4v) is 1.88. The van der Waals surface area contributed by atoms with Crippen molar-refractivity contribution < 1.29 is 14.3 Å². The monoisotopic (exact) mass is 227 g/mol. The van der Waals surface area contributed by atoms with E-state index in [1.807, 2.05) is 5.01 Å². The number of carbonyl (C=O) groups is 2. The maximum Gasteiger partial charge on any atom is 0.239 e. The molecule has 0 spiro atoms. The summed E-state index contributed by atoms with van der Waals surface area (Å²) in [6.07, 6.45) is 1.09. The maximum atomic E-state index is 11.8. The molecule has 2 rings (SSSR count). The summed E-state index contributed by atoms with van der Waals surface area (Å²) in [5, 5.41) is 4.58. The van der Waals surface area contributed by atoms with Crippen molar-refractivity contribution in [2.75, 3.05) is 32.8 Å². The highest BCUT2D eigenvalue weighted by atomic mass is 16.5. The van der Waals surface area contributed by atoms with E-state index in [4.69, 9.17) is 4.74 Å². The van der Waals surface area contributed by atoms with E-state index in [0.29, 0.717) is 32.6 Å². The van der Waals surface area contributed by atoms with Crippen LogP contribution in [0.3, 0.4) is 0 Å². The second-order valence-corrected chi connectivity index (χ2v) is 4.12. The summed E-state index contributed by atoms with van der Waals surface area (Å²) in [6.45, 7) is 3.22. The number of rotatable bonds is 2. The lowest BCUT2D eigenvalue weighted by atomic mass is 9.99. The van der Waals surface area contributed by atoms with Crippen LogP contribution < -0.4 is 10.7 Å². The van der Waals surface area contributed by atoms with Gasteiger partial charge in [-0.05, 0) is 6.42 Å². The van der Waals surface area contributed by atoms with Crippen LogP contribution in [0.1, 0.15) is 12.8 Å². The third-order valence-corrected chi connectivity index (χ3v) is 2.92. The number of hydrogen-bond donors (Lipinski definition) is 2. The van der Waals surface area contributed by atoms with E-state index in [0.717, 1.165) is 13.1 Å². The Hall–Kier alpha value is -1.14. The van der Waals surface area contributed by atoms with Crippen LogP contribution in [0, 0.1) is 5.92 Å². The van der Waals surface area contributed by atoms with Crippen molar-refractivity contribution >= 4 is 11.8 Å². The maximum absolute atomic E-state index is 11.8. The molecule has 16 heavy (non-hydrogen) atoms. The summed E-state index contributed by atoms with van der Waals surface area (Å²) >= 11 is 0. The summed E-state index contributed by atoms with van der Waals surface area (Å²) in [4.78, 5) is 22.8. The molecule has 2 aliphatic rings. The van der Waals surface area contributed by atoms with Gasteiger partial charge in [0.1, 0.15) is 0 Å². The highest BCUT2D eigenvalue weighted by Gasteiger charge is 2.25. The molecule has 2 N–H and O–H groups in total. The molecule has 0 aromatic rings. The van der Waals surface area contributed by atoms with E-state index < -0.39 is 0 Å². The second-order valence-electron chi connectivity index (χ2n) is 4.12. The zero-order valence-corrected chi connectivity index (χ0v) is 9.20. The highest BCUT2D eigenvalue weighted by Crippen LogP contribution is 2.11. The first kappa shape index (κ1) is 11.3. The first-order valence-electron chi connectivity index (χ1n) is 5.65. The molecule has 0 radical (unpaired) electrons. The number of amides is 2. The second kappa shape index (κ2) is 5.27. The normalized spacial score (nSPS) is 27.2. The average Bonchev–Trinajstić information content (AvgIpc) is 2.31. The Morgan fingerprint density at radius 2 is 2.19 bits per heavy atom. The Morgan fingerprint density at radius 3 is 2.81 bits per heavy atom. The third kappa shape index (κ3) is 2.93. The van der Waals surface area contributed by atoms with Gasteiger partial charge in [-0.15, -0.1) is 0 Å². The number of carbonyl (C=O) groups excluding carboxylic acids is 2. The van der Waals surface area contributed by atoms with Crippen molar-refractivity contribution in [2.24, 2.45) is 5.92 Å². The van der Waals surface area contributed by atoms with Crippen LogP contribution in [0.2, 0.25) is 0 Å². The minimum Gasteiger partial charge on any atom is -0.379 e. The molecule has 6 heteroatoms. The van der Waals surface area contributed by atoms with E-state index in [-0.39, 0.29) is 17.7 Å². The van der Waals surface area contributed by atoms with Crippen molar-refractivity contribution in [3.05, 3.63) is 0 Å². The van der Waals surface area contributed by atoms with E-state index in [2.05, 4.69) is 10.7 Å². The van der Waals surface area contributed by atoms with Gasteiger partial charge in [0.2, 0.25) is 11.8 Å². The van der Waals surface area contributed by atoms with Gasteiger partial charge in [-0.2, -0.15) is 0 Å². The standard InChI is InChI=1S/C10H17N3O3/c14-9-2-1-8(7-11-9)10(15)12-13-3-5-16-6-4-13/h8H,1-7H2,(H,11,14)(H,12,15). The van der Waals surface area contributed by atoms with Crippen LogP contribution in [-0.2, 0) is 14.3 Å². The van der Waals surface area contributed by atoms with E-state index in [1.165, 1.54) is 0 Å². The van der Waals surface area contributed by atoms with Crippen LogP contribution >= 0.6 is 0 Å². The van der Waals surface area contributed by atoms with Crippen LogP contribution in [0.4, 0.5) is 0 Å². The molecule has 2 fully saturated rings. The quantitative estimate of drug-likeness (QED) is 0.626. The Labute approximate surface area is 94.3 Å². The Balaban J connectivity index is 1.76. The lowest BCUT2D eigenvalue weighted by Crippen LogP contribution is -2.52. The number of ether oxygens (including phenoxy) is 1. The van der Waals surface area contributed by atoms with Crippen molar-refractivity contribution in [1.29, 1.82) is 0 Å². The summed E-state index contributed by atoms with van der Waals surface area (Å²) < 4.78 is 5.19. The van der Waals surface area contributed by atoms with E-state index >= 15 is 0 Å². The van der Waals surface area contributed by atoms with Crippen LogP contribution in [0.25, 0.3) is 0 Å². The van der Waals surface area contributed by atoms with E-state index in [1.54, 1.807) is 0 Å². The SMILES string of the molecule is O=C1CCC(C(=O)NN2CCOCC2)CN1. The van der Waals surface area contributed by atoms with Gasteiger partial charge in [0.25, 0.3) is 0 Å². The Morgan fingerprint density at radius 1 is 1.44 bits per heavy atom. The molecule has 0 aromatic heterocycles. The van der Waals surface area contributed by atoms with Gasteiger partial charge < -0.3 is 10.1 Å². The minimum absolute atomic E-state index is 0.00176. The first-order valence-corrected chi connectivity index (χ1v) is 5.65. The Kier molecular flexibility index (Phi) is 3.74. The fraction of sp³-hybridized carbons (Fsp3) is 0.800. The lowest BCUT2D eigenvalue weighted by Gasteiger charge is -2.29. The fourth-order valence-electron chi connectivity index (χ4n) is 1.88. The van der Waals surface area contributed by atoms with Crippen molar-refractivity contribution in [1.82, 2.24) is 15.8 Å². The van der Waals surface area contributed by atoms with Crippen LogP contribution in [0.5, 0.6) is 0 Å². The largest absolute Gasteiger partial charge is 0.379 e. The van der Waals surface area contributed by atoms with Crippen molar-refractivity contribution in [3.63, 3.8) is 0 Å². The zero-order valence-electron chi connectivity index (χ0n) is 9.20. The average molecular weight is 227 g/mol. The molecule has 2 amide bonds. The van der Waals surface area contributed by atoms with Crippen molar-refractivity contribution in [3.8, 4) is 0 Å². The van der Waals surface area contributed by atoms with Crippen molar-refractivity contribution in [2.45, 2.75) is 12.8 Å². The number of hydrazine groups is 1. The molecule has 2 saturated heterocycles. The van der Waals surface area contributed by atoms with Gasteiger partial charge in [0, 0.05) is 26.1 Å². The smallest absolute Gasteiger partial charge is 0.239 e.